The molecule has 8 rings (SSSR count). The Balaban J connectivity index is 1.62. The van der Waals surface area contributed by atoms with Gasteiger partial charge < -0.3 is 0 Å². The molecule has 0 saturated carbocycles. The standard InChI is InChI=1S/C43H23B10N3/c1-20-12-6-7-15-22(20)43(25-18-10-8-16-23(25)42(2,21-13-4-3-5-14-21)24-17-9-11-19-26(24)43)41-55-39(27-29(44)33(48)37(52)34(49)30(27)45)54-40(56-41)28-31(46)35(50)38(53)36(51)32(28)47/h3-19H,1-2H3. The third-order valence-corrected chi connectivity index (χ3v) is 11.5. The maximum absolute atomic E-state index is 6.70. The van der Waals surface area contributed by atoms with Gasteiger partial charge in [0.15, 0.2) is 17.5 Å². The first-order valence-electron chi connectivity index (χ1n) is 17.9. The Morgan fingerprint density at radius 1 is 0.375 bits per heavy atom. The Kier molecular flexibility index (Phi) is 9.38. The lowest BCUT2D eigenvalue weighted by Gasteiger charge is -2.48. The second-order valence-electron chi connectivity index (χ2n) is 14.3. The van der Waals surface area contributed by atoms with Gasteiger partial charge in [0.25, 0.3) is 0 Å². The van der Waals surface area contributed by atoms with Gasteiger partial charge in [0, 0.05) is 16.5 Å². The number of fused-ring (bicyclic) bond motifs is 2. The molecule has 0 saturated heterocycles. The van der Waals surface area contributed by atoms with E-state index in [1.807, 2.05) is 42.5 Å². The molecule has 1 aromatic heterocycles. The van der Waals surface area contributed by atoms with Gasteiger partial charge in [-0.3, -0.25) is 0 Å². The van der Waals surface area contributed by atoms with E-state index in [2.05, 4.69) is 74.5 Å². The Bertz CT molecular complexity index is 2560. The molecular weight excluding hydrogens is 667 g/mol. The van der Waals surface area contributed by atoms with Crippen molar-refractivity contribution in [1.82, 2.24) is 15.0 Å². The van der Waals surface area contributed by atoms with Crippen molar-refractivity contribution < 1.29 is 0 Å². The minimum absolute atomic E-state index is 0.0239. The summed E-state index contributed by atoms with van der Waals surface area (Å²) in [6.07, 6.45) is 0. The maximum Gasteiger partial charge on any atom is 0.162 e. The lowest BCUT2D eigenvalue weighted by atomic mass is 9.53. The summed E-state index contributed by atoms with van der Waals surface area (Å²) < 4.78 is 0. The fourth-order valence-electron chi connectivity index (χ4n) is 8.46. The predicted octanol–water partition coefficient (Wildman–Crippen LogP) is -2.50. The van der Waals surface area contributed by atoms with Crippen LogP contribution in [0.3, 0.4) is 0 Å². The number of rotatable bonds is 5. The maximum atomic E-state index is 6.70. The summed E-state index contributed by atoms with van der Waals surface area (Å²) in [6.45, 7) is 4.31. The van der Waals surface area contributed by atoms with Crippen LogP contribution in [0.5, 0.6) is 0 Å². The number of benzene rings is 6. The molecule has 3 nitrogen and oxygen atoms in total. The number of nitrogens with zero attached hydrogens (tertiary/aromatic N) is 3. The molecule has 1 aliphatic carbocycles. The molecule has 1 heterocycles. The first kappa shape index (κ1) is 37.9. The summed E-state index contributed by atoms with van der Waals surface area (Å²) in [4.78, 5) is 15.6. The van der Waals surface area contributed by atoms with Gasteiger partial charge in [-0.05, 0) is 52.8 Å². The van der Waals surface area contributed by atoms with Crippen molar-refractivity contribution in [3.05, 3.63) is 148 Å². The van der Waals surface area contributed by atoms with Gasteiger partial charge in [-0.2, -0.15) is 0 Å². The zero-order valence-corrected chi connectivity index (χ0v) is 30.9. The number of aromatic nitrogens is 3. The van der Waals surface area contributed by atoms with Crippen LogP contribution in [-0.2, 0) is 10.8 Å². The smallest absolute Gasteiger partial charge is 0.162 e. The molecule has 0 unspecified atom stereocenters. The molecular formula is C43H23B10N3. The minimum atomic E-state index is -1.21. The molecule has 0 N–H and O–H groups in total. The van der Waals surface area contributed by atoms with E-state index in [9.17, 15) is 0 Å². The highest BCUT2D eigenvalue weighted by molar-refractivity contribution is 6.69. The van der Waals surface area contributed by atoms with Gasteiger partial charge >= 0.3 is 0 Å². The number of hydrogen-bond donors (Lipinski definition) is 0. The number of aryl methyl sites for hydroxylation is 1. The molecule has 1 aliphatic rings. The third kappa shape index (κ3) is 5.29. The van der Waals surface area contributed by atoms with E-state index in [0.717, 1.165) is 38.9 Å². The first-order chi connectivity index (χ1) is 26.8. The van der Waals surface area contributed by atoms with Crippen LogP contribution in [0, 0.1) is 6.92 Å². The third-order valence-electron chi connectivity index (χ3n) is 11.5. The second kappa shape index (κ2) is 13.9. The summed E-state index contributed by atoms with van der Waals surface area (Å²) >= 11 is 0. The SMILES string of the molecule is [B]c1c([B])c([B])c(-c2nc(-c3c([B])c([B])c([B])c([B])c3[B])nc(C3(c4ccccc4C)c4ccccc4C(C)(c4ccccc4)c4ccccc43)n2)c([B])c1[B]. The van der Waals surface area contributed by atoms with Crippen LogP contribution < -0.4 is 54.6 Å². The summed E-state index contributed by atoms with van der Waals surface area (Å²) in [5.74, 6) is 0.360. The molecule has 7 aromatic rings. The molecule has 240 valence electrons. The van der Waals surface area contributed by atoms with E-state index < -0.39 is 10.8 Å². The Morgan fingerprint density at radius 2 is 0.714 bits per heavy atom. The molecule has 0 fully saturated rings. The van der Waals surface area contributed by atoms with E-state index in [0.29, 0.717) is 5.82 Å². The highest BCUT2D eigenvalue weighted by atomic mass is 15.1. The van der Waals surface area contributed by atoms with Gasteiger partial charge in [-0.25, -0.2) is 15.0 Å². The lowest BCUT2D eigenvalue weighted by molar-refractivity contribution is 0.566. The molecule has 56 heavy (non-hydrogen) atoms. The van der Waals surface area contributed by atoms with Crippen molar-refractivity contribution in [2.24, 2.45) is 0 Å². The van der Waals surface area contributed by atoms with Crippen LogP contribution in [0.2, 0.25) is 0 Å². The van der Waals surface area contributed by atoms with Crippen molar-refractivity contribution in [2.75, 3.05) is 0 Å². The van der Waals surface area contributed by atoms with Crippen LogP contribution in [0.4, 0.5) is 0 Å². The summed E-state index contributed by atoms with van der Waals surface area (Å²) in [5, 5.41) is 0. The van der Waals surface area contributed by atoms with Crippen molar-refractivity contribution >= 4 is 133 Å². The number of hydrogen-bond acceptors (Lipinski definition) is 3. The molecule has 0 aliphatic heterocycles. The Morgan fingerprint density at radius 3 is 1.12 bits per heavy atom. The average molecular weight is 690 g/mol. The summed E-state index contributed by atoms with van der Waals surface area (Å²) in [7, 11) is 65.0. The van der Waals surface area contributed by atoms with E-state index in [-0.39, 0.29) is 77.4 Å². The normalized spacial score (nSPS) is 17.2. The zero-order chi connectivity index (χ0) is 39.8. The van der Waals surface area contributed by atoms with Crippen molar-refractivity contribution in [2.45, 2.75) is 24.7 Å². The highest BCUT2D eigenvalue weighted by Crippen LogP contribution is 2.57. The lowest BCUT2D eigenvalue weighted by Crippen LogP contribution is -2.55. The summed E-state index contributed by atoms with van der Waals surface area (Å²) in [6, 6.07) is 35.2. The predicted molar refractivity (Wildman–Crippen MR) is 240 cm³/mol. The molecule has 13 heteroatoms. The van der Waals surface area contributed by atoms with Crippen molar-refractivity contribution in [3.63, 3.8) is 0 Å². The topological polar surface area (TPSA) is 38.7 Å². The Labute approximate surface area is 341 Å². The molecule has 6 aromatic carbocycles. The van der Waals surface area contributed by atoms with E-state index in [1.54, 1.807) is 0 Å². The summed E-state index contributed by atoms with van der Waals surface area (Å²) in [5.41, 5.74) is 5.70. The highest BCUT2D eigenvalue weighted by Gasteiger charge is 2.53. The molecule has 0 amide bonds. The van der Waals surface area contributed by atoms with E-state index in [1.165, 1.54) is 0 Å². The van der Waals surface area contributed by atoms with Gasteiger partial charge in [0.2, 0.25) is 0 Å². The first-order valence-corrected chi connectivity index (χ1v) is 17.9. The van der Waals surface area contributed by atoms with Gasteiger partial charge in [0.05, 0.1) is 0 Å². The Hall–Kier alpha value is -5.02. The molecule has 0 atom stereocenters. The van der Waals surface area contributed by atoms with Gasteiger partial charge in [-0.1, -0.05) is 125 Å². The fraction of sp³-hybridized carbons (Fsp3) is 0.0930. The quantitative estimate of drug-likeness (QED) is 0.188. The molecule has 0 spiro atoms. The van der Waals surface area contributed by atoms with Crippen LogP contribution in [0.1, 0.15) is 51.7 Å². The van der Waals surface area contributed by atoms with Crippen LogP contribution in [-0.4, -0.2) is 93.4 Å². The minimum Gasteiger partial charge on any atom is -0.211 e. The van der Waals surface area contributed by atoms with E-state index in [4.69, 9.17) is 93.4 Å². The monoisotopic (exact) mass is 691 g/mol. The van der Waals surface area contributed by atoms with Crippen LogP contribution in [0.25, 0.3) is 22.8 Å². The van der Waals surface area contributed by atoms with E-state index >= 15 is 0 Å². The molecule has 20 radical (unpaired) electrons. The zero-order valence-electron chi connectivity index (χ0n) is 30.9. The van der Waals surface area contributed by atoms with Gasteiger partial charge in [0.1, 0.15) is 83.9 Å². The van der Waals surface area contributed by atoms with Gasteiger partial charge in [-0.15, -0.1) is 32.8 Å². The second-order valence-corrected chi connectivity index (χ2v) is 14.3. The average Bonchev–Trinajstić information content (AvgIpc) is 3.22. The largest absolute Gasteiger partial charge is 0.211 e. The fourth-order valence-corrected chi connectivity index (χ4v) is 8.46. The van der Waals surface area contributed by atoms with Crippen LogP contribution >= 0.6 is 0 Å². The molecule has 0 bridgehead atoms. The van der Waals surface area contributed by atoms with Crippen molar-refractivity contribution in [3.8, 4) is 22.8 Å². The van der Waals surface area contributed by atoms with Crippen molar-refractivity contribution in [1.29, 1.82) is 0 Å². The van der Waals surface area contributed by atoms with Crippen LogP contribution in [0.15, 0.2) is 103 Å².